The summed E-state index contributed by atoms with van der Waals surface area (Å²) in [5.74, 6) is -1.74. The number of rotatable bonds is 43. The first-order valence-corrected chi connectivity index (χ1v) is 23.9. The zero-order valence-electron chi connectivity index (χ0n) is 38.0. The number of nitrogens with zero attached hydrogens (tertiary/aromatic N) is 1. The maximum absolute atomic E-state index is 12.7. The second-order valence-corrected chi connectivity index (χ2v) is 17.4. The highest BCUT2D eigenvalue weighted by molar-refractivity contribution is 5.70. The van der Waals surface area contributed by atoms with Gasteiger partial charge in [0.25, 0.3) is 0 Å². The molecule has 0 radical (unpaired) electrons. The summed E-state index contributed by atoms with van der Waals surface area (Å²) in [6, 6.07) is -0.723. The van der Waals surface area contributed by atoms with Gasteiger partial charge in [-0.15, -0.1) is 0 Å². The number of allylic oxidation sites excluding steroid dienone is 4. The zero-order chi connectivity index (χ0) is 42.1. The SMILES string of the molecule is CCCCCCCCCCC/C=C/C/C=C/CCCCCCCCCC(=O)OCC(COCCC(C(=O)[O-])[N+](C)(C)C)OC(=O)CCCCCCCCCCCC. The van der Waals surface area contributed by atoms with E-state index in [4.69, 9.17) is 14.2 Å². The minimum absolute atomic E-state index is 0.0419. The maximum atomic E-state index is 12.7. The molecule has 8 heteroatoms. The van der Waals surface area contributed by atoms with Gasteiger partial charge >= 0.3 is 11.9 Å². The molecular formula is C49H91NO7. The topological polar surface area (TPSA) is 102 Å². The fraction of sp³-hybridized carbons (Fsp3) is 0.857. The highest BCUT2D eigenvalue weighted by Crippen LogP contribution is 2.15. The molecule has 0 bridgehead atoms. The van der Waals surface area contributed by atoms with Gasteiger partial charge in [0.2, 0.25) is 0 Å². The number of carbonyl (C=O) groups excluding carboxylic acids is 3. The van der Waals surface area contributed by atoms with Crippen molar-refractivity contribution >= 4 is 17.9 Å². The van der Waals surface area contributed by atoms with Gasteiger partial charge in [0.1, 0.15) is 12.6 Å². The van der Waals surface area contributed by atoms with Crippen LogP contribution < -0.4 is 5.11 Å². The molecule has 0 aliphatic carbocycles. The molecule has 8 nitrogen and oxygen atoms in total. The van der Waals surface area contributed by atoms with Crippen molar-refractivity contribution in [3.63, 3.8) is 0 Å². The van der Waals surface area contributed by atoms with Gasteiger partial charge in [0.05, 0.1) is 40.3 Å². The molecular weight excluding hydrogens is 715 g/mol. The Hall–Kier alpha value is -2.19. The largest absolute Gasteiger partial charge is 0.544 e. The first-order chi connectivity index (χ1) is 27.6. The van der Waals surface area contributed by atoms with Gasteiger partial charge < -0.3 is 28.6 Å². The number of carboxylic acid groups (broad SMARTS) is 1. The minimum Gasteiger partial charge on any atom is -0.544 e. The van der Waals surface area contributed by atoms with Crippen molar-refractivity contribution in [3.05, 3.63) is 24.3 Å². The van der Waals surface area contributed by atoms with Gasteiger partial charge in [-0.3, -0.25) is 9.59 Å². The first kappa shape index (κ1) is 54.8. The van der Waals surface area contributed by atoms with Gasteiger partial charge in [-0.2, -0.15) is 0 Å². The van der Waals surface area contributed by atoms with Crippen molar-refractivity contribution in [2.24, 2.45) is 0 Å². The average Bonchev–Trinajstić information content (AvgIpc) is 3.17. The molecule has 0 spiro atoms. The maximum Gasteiger partial charge on any atom is 0.306 e. The van der Waals surface area contributed by atoms with Crippen molar-refractivity contribution in [2.45, 2.75) is 231 Å². The lowest BCUT2D eigenvalue weighted by molar-refractivity contribution is -0.889. The van der Waals surface area contributed by atoms with E-state index in [0.29, 0.717) is 12.8 Å². The van der Waals surface area contributed by atoms with E-state index in [1.807, 2.05) is 0 Å². The molecule has 0 N–H and O–H groups in total. The molecule has 0 aromatic carbocycles. The van der Waals surface area contributed by atoms with Crippen LogP contribution in [0.15, 0.2) is 24.3 Å². The molecule has 2 atom stereocenters. The molecule has 0 aliphatic heterocycles. The smallest absolute Gasteiger partial charge is 0.306 e. The Kier molecular flexibility index (Phi) is 39.0. The molecule has 0 amide bonds. The molecule has 0 rings (SSSR count). The Morgan fingerprint density at radius 1 is 0.526 bits per heavy atom. The summed E-state index contributed by atoms with van der Waals surface area (Å²) < 4.78 is 17.2. The summed E-state index contributed by atoms with van der Waals surface area (Å²) in [7, 11) is 5.41. The van der Waals surface area contributed by atoms with Gasteiger partial charge in [-0.1, -0.05) is 179 Å². The standard InChI is InChI=1S/C49H91NO7/c1-6-8-10-12-14-16-18-19-20-21-22-23-24-25-26-27-28-29-30-32-33-35-37-39-47(51)56-44-45(43-55-42-41-46(49(53)54)50(3,4)5)57-48(52)40-38-36-34-31-17-15-13-11-9-7-2/h22-23,25-26,45-46H,6-21,24,27-44H2,1-5H3/b23-22+,26-25+. The number of aliphatic carboxylic acids is 1. The number of quaternary nitrogens is 1. The van der Waals surface area contributed by atoms with E-state index in [2.05, 4.69) is 38.2 Å². The fourth-order valence-electron chi connectivity index (χ4n) is 7.10. The van der Waals surface area contributed by atoms with Crippen LogP contribution in [0, 0.1) is 0 Å². The summed E-state index contributed by atoms with van der Waals surface area (Å²) >= 11 is 0. The third-order valence-corrected chi connectivity index (χ3v) is 10.8. The molecule has 0 fully saturated rings. The minimum atomic E-state index is -1.12. The quantitative estimate of drug-likeness (QED) is 0.0262. The predicted molar refractivity (Wildman–Crippen MR) is 236 cm³/mol. The number of esters is 2. The van der Waals surface area contributed by atoms with E-state index in [1.54, 1.807) is 21.1 Å². The molecule has 0 heterocycles. The normalized spacial score (nSPS) is 13.1. The molecule has 0 saturated heterocycles. The van der Waals surface area contributed by atoms with Crippen molar-refractivity contribution in [3.8, 4) is 0 Å². The van der Waals surface area contributed by atoms with Crippen LogP contribution in [0.1, 0.15) is 219 Å². The lowest BCUT2D eigenvalue weighted by atomic mass is 10.1. The third-order valence-electron chi connectivity index (χ3n) is 10.8. The van der Waals surface area contributed by atoms with Crippen LogP contribution in [0.5, 0.6) is 0 Å². The van der Waals surface area contributed by atoms with Crippen molar-refractivity contribution < 1.29 is 38.2 Å². The summed E-state index contributed by atoms with van der Waals surface area (Å²) in [6.07, 6.45) is 45.0. The van der Waals surface area contributed by atoms with Gasteiger partial charge in [0.15, 0.2) is 6.10 Å². The molecule has 0 aromatic rings. The number of likely N-dealkylation sites (N-methyl/N-ethyl adjacent to an activating group) is 1. The Morgan fingerprint density at radius 3 is 1.35 bits per heavy atom. The second-order valence-electron chi connectivity index (χ2n) is 17.4. The lowest BCUT2D eigenvalue weighted by Crippen LogP contribution is -2.55. The number of ether oxygens (including phenoxy) is 3. The fourth-order valence-corrected chi connectivity index (χ4v) is 7.10. The van der Waals surface area contributed by atoms with Crippen LogP contribution in [0.2, 0.25) is 0 Å². The summed E-state index contributed by atoms with van der Waals surface area (Å²) in [5.41, 5.74) is 0. The van der Waals surface area contributed by atoms with Crippen LogP contribution in [0.25, 0.3) is 0 Å². The van der Waals surface area contributed by atoms with Crippen LogP contribution in [-0.2, 0) is 28.6 Å². The van der Waals surface area contributed by atoms with Crippen LogP contribution in [0.3, 0.4) is 0 Å². The van der Waals surface area contributed by atoms with Crippen molar-refractivity contribution in [1.29, 1.82) is 0 Å². The summed E-state index contributed by atoms with van der Waals surface area (Å²) in [5, 5.41) is 11.6. The molecule has 0 saturated carbocycles. The van der Waals surface area contributed by atoms with E-state index >= 15 is 0 Å². The average molecular weight is 806 g/mol. The molecule has 57 heavy (non-hydrogen) atoms. The van der Waals surface area contributed by atoms with Crippen molar-refractivity contribution in [1.82, 2.24) is 0 Å². The van der Waals surface area contributed by atoms with E-state index in [1.165, 1.54) is 135 Å². The second kappa shape index (κ2) is 40.6. The van der Waals surface area contributed by atoms with E-state index in [-0.39, 0.29) is 42.7 Å². The van der Waals surface area contributed by atoms with E-state index in [0.717, 1.165) is 51.4 Å². The van der Waals surface area contributed by atoms with Gasteiger partial charge in [-0.05, 0) is 44.9 Å². The molecule has 0 aromatic heterocycles. The summed E-state index contributed by atoms with van der Waals surface area (Å²) in [6.45, 7) is 4.66. The van der Waals surface area contributed by atoms with E-state index in [9.17, 15) is 19.5 Å². The number of carboxylic acids is 1. The molecule has 2 unspecified atom stereocenters. The lowest BCUT2D eigenvalue weighted by Gasteiger charge is -2.34. The Bertz CT molecular complexity index is 989. The molecule has 0 aliphatic rings. The zero-order valence-corrected chi connectivity index (χ0v) is 38.0. The van der Waals surface area contributed by atoms with Gasteiger partial charge in [-0.25, -0.2) is 0 Å². The highest BCUT2D eigenvalue weighted by atomic mass is 16.6. The predicted octanol–water partition coefficient (Wildman–Crippen LogP) is 11.9. The van der Waals surface area contributed by atoms with Crippen LogP contribution >= 0.6 is 0 Å². The Labute approximate surface area is 351 Å². The van der Waals surface area contributed by atoms with Crippen LogP contribution in [0.4, 0.5) is 0 Å². The first-order valence-electron chi connectivity index (χ1n) is 23.9. The summed E-state index contributed by atoms with van der Waals surface area (Å²) in [4.78, 5) is 36.8. The number of hydrogen-bond donors (Lipinski definition) is 0. The Morgan fingerprint density at radius 2 is 0.930 bits per heavy atom. The third kappa shape index (κ3) is 39.1. The highest BCUT2D eigenvalue weighted by Gasteiger charge is 2.25. The number of carbonyl (C=O) groups is 3. The monoisotopic (exact) mass is 806 g/mol. The Balaban J connectivity index is 4.17. The van der Waals surface area contributed by atoms with Crippen LogP contribution in [-0.4, -0.2) is 75.5 Å². The van der Waals surface area contributed by atoms with Gasteiger partial charge in [0, 0.05) is 19.3 Å². The number of unbranched alkanes of at least 4 members (excludes halogenated alkanes) is 25. The molecule has 334 valence electrons. The van der Waals surface area contributed by atoms with Crippen molar-refractivity contribution in [2.75, 3.05) is 41.0 Å². The number of hydrogen-bond acceptors (Lipinski definition) is 7. The van der Waals surface area contributed by atoms with E-state index < -0.39 is 18.1 Å².